The lowest BCUT2D eigenvalue weighted by molar-refractivity contribution is -0.121. The van der Waals surface area contributed by atoms with E-state index in [0.29, 0.717) is 36.8 Å². The Bertz CT molecular complexity index is 833. The van der Waals surface area contributed by atoms with Crippen molar-refractivity contribution in [1.82, 2.24) is 9.88 Å². The molecule has 136 valence electrons. The molecule has 0 bridgehead atoms. The Morgan fingerprint density at radius 1 is 1.23 bits per heavy atom. The first-order chi connectivity index (χ1) is 12.4. The van der Waals surface area contributed by atoms with Crippen LogP contribution in [0.1, 0.15) is 28.8 Å². The number of phenols is 1. The molecule has 7 heteroatoms. The predicted octanol–water partition coefficient (Wildman–Crippen LogP) is 3.24. The molecule has 0 unspecified atom stereocenters. The van der Waals surface area contributed by atoms with Crippen molar-refractivity contribution in [3.63, 3.8) is 0 Å². The van der Waals surface area contributed by atoms with Gasteiger partial charge in [0.2, 0.25) is 5.91 Å². The molecule has 1 aromatic carbocycles. The zero-order valence-electron chi connectivity index (χ0n) is 14.4. The molecule has 0 aliphatic carbocycles. The molecule has 2 aromatic rings. The lowest BCUT2D eigenvalue weighted by Crippen LogP contribution is -2.41. The summed E-state index contributed by atoms with van der Waals surface area (Å²) in [5.41, 5.74) is 1.21. The maximum atomic E-state index is 12.6. The number of halogens is 1. The molecule has 3 rings (SSSR count). The predicted molar refractivity (Wildman–Crippen MR) is 99.3 cm³/mol. The number of phenolic OH excluding ortho intramolecular Hbond substituents is 1. The van der Waals surface area contributed by atoms with Crippen LogP contribution in [0, 0.1) is 12.8 Å². The second kappa shape index (κ2) is 7.74. The summed E-state index contributed by atoms with van der Waals surface area (Å²) >= 11 is 5.91. The third-order valence-corrected chi connectivity index (χ3v) is 4.74. The number of piperidine rings is 1. The third kappa shape index (κ3) is 4.14. The van der Waals surface area contributed by atoms with Crippen LogP contribution in [0.5, 0.6) is 5.75 Å². The normalized spacial score (nSPS) is 14.9. The molecule has 0 atom stereocenters. The number of carbonyl (C=O) groups is 2. The van der Waals surface area contributed by atoms with Gasteiger partial charge in [0.05, 0.1) is 5.56 Å². The number of aromatic hydroxyl groups is 1. The average molecular weight is 374 g/mol. The molecule has 1 aliphatic rings. The lowest BCUT2D eigenvalue weighted by Gasteiger charge is -2.31. The molecule has 2 N–H and O–H groups in total. The maximum Gasteiger partial charge on any atom is 0.257 e. The van der Waals surface area contributed by atoms with Crippen LogP contribution in [0.3, 0.4) is 0 Å². The largest absolute Gasteiger partial charge is 0.507 e. The first-order valence-corrected chi connectivity index (χ1v) is 8.83. The lowest BCUT2D eigenvalue weighted by atomic mass is 9.95. The van der Waals surface area contributed by atoms with Gasteiger partial charge < -0.3 is 15.3 Å². The van der Waals surface area contributed by atoms with E-state index in [1.54, 1.807) is 11.1 Å². The molecule has 2 heterocycles. The zero-order chi connectivity index (χ0) is 18.7. The van der Waals surface area contributed by atoms with Crippen molar-refractivity contribution < 1.29 is 14.7 Å². The Hall–Kier alpha value is -2.60. The van der Waals surface area contributed by atoms with Crippen molar-refractivity contribution in [2.45, 2.75) is 19.8 Å². The molecule has 26 heavy (non-hydrogen) atoms. The summed E-state index contributed by atoms with van der Waals surface area (Å²) in [4.78, 5) is 30.8. The van der Waals surface area contributed by atoms with E-state index >= 15 is 0 Å². The highest BCUT2D eigenvalue weighted by Crippen LogP contribution is 2.26. The van der Waals surface area contributed by atoms with Crippen LogP contribution in [-0.2, 0) is 4.79 Å². The number of rotatable bonds is 3. The summed E-state index contributed by atoms with van der Waals surface area (Å²) in [5, 5.41) is 13.1. The molecule has 1 saturated heterocycles. The first kappa shape index (κ1) is 18.2. The second-order valence-electron chi connectivity index (χ2n) is 6.44. The number of hydrogen-bond acceptors (Lipinski definition) is 4. The molecule has 6 nitrogen and oxygen atoms in total. The van der Waals surface area contributed by atoms with Crippen LogP contribution in [0.25, 0.3) is 0 Å². The van der Waals surface area contributed by atoms with Gasteiger partial charge in [0, 0.05) is 30.2 Å². The minimum atomic E-state index is -0.274. The summed E-state index contributed by atoms with van der Waals surface area (Å²) in [6.45, 7) is 2.83. The van der Waals surface area contributed by atoms with Gasteiger partial charge in [-0.15, -0.1) is 0 Å². The molecule has 0 radical (unpaired) electrons. The molecule has 0 saturated carbocycles. The molecule has 2 amide bonds. The van der Waals surface area contributed by atoms with Gasteiger partial charge in [-0.25, -0.2) is 4.98 Å². The fourth-order valence-corrected chi connectivity index (χ4v) is 3.20. The van der Waals surface area contributed by atoms with Gasteiger partial charge in [-0.3, -0.25) is 9.59 Å². The highest BCUT2D eigenvalue weighted by Gasteiger charge is 2.29. The fraction of sp³-hybridized carbons (Fsp3) is 0.316. The first-order valence-electron chi connectivity index (χ1n) is 8.45. The summed E-state index contributed by atoms with van der Waals surface area (Å²) in [6, 6.07) is 8.08. The molecular weight excluding hydrogens is 354 g/mol. The van der Waals surface area contributed by atoms with Crippen LogP contribution in [0.2, 0.25) is 5.02 Å². The number of likely N-dealkylation sites (tertiary alicyclic amines) is 1. The van der Waals surface area contributed by atoms with E-state index in [0.717, 1.165) is 5.56 Å². The summed E-state index contributed by atoms with van der Waals surface area (Å²) < 4.78 is 0. The highest BCUT2D eigenvalue weighted by molar-refractivity contribution is 6.31. The van der Waals surface area contributed by atoms with Crippen LogP contribution < -0.4 is 5.32 Å². The number of amides is 2. The van der Waals surface area contributed by atoms with Gasteiger partial charge in [-0.1, -0.05) is 11.6 Å². The Morgan fingerprint density at radius 3 is 2.65 bits per heavy atom. The van der Waals surface area contributed by atoms with Crippen molar-refractivity contribution in [2.24, 2.45) is 5.92 Å². The van der Waals surface area contributed by atoms with Gasteiger partial charge in [0.15, 0.2) is 0 Å². The molecular formula is C19H20ClN3O3. The number of benzene rings is 1. The number of anilines is 1. The number of hydrogen-bond donors (Lipinski definition) is 2. The van der Waals surface area contributed by atoms with Gasteiger partial charge in [0.1, 0.15) is 11.6 Å². The number of aromatic nitrogens is 1. The third-order valence-electron chi connectivity index (χ3n) is 4.51. The Labute approximate surface area is 156 Å². The fourth-order valence-electron chi connectivity index (χ4n) is 3.03. The zero-order valence-corrected chi connectivity index (χ0v) is 15.2. The monoisotopic (exact) mass is 373 g/mol. The quantitative estimate of drug-likeness (QED) is 0.865. The number of carbonyl (C=O) groups excluding carboxylic acids is 2. The standard InChI is InChI=1S/C19H20ClN3O3/c1-12-4-7-21-17(10-12)22-18(25)13-5-8-23(9-6-13)19(26)15-11-14(20)2-3-16(15)24/h2-4,7,10-11,13,24H,5-6,8-9H2,1H3,(H,21,22,25). The van der Waals surface area contributed by atoms with Crippen molar-refractivity contribution in [3.05, 3.63) is 52.7 Å². The van der Waals surface area contributed by atoms with E-state index in [4.69, 9.17) is 11.6 Å². The number of nitrogens with one attached hydrogen (secondary N) is 1. The smallest absolute Gasteiger partial charge is 0.257 e. The van der Waals surface area contributed by atoms with E-state index in [9.17, 15) is 14.7 Å². The minimum Gasteiger partial charge on any atom is -0.507 e. The molecule has 1 aromatic heterocycles. The highest BCUT2D eigenvalue weighted by atomic mass is 35.5. The van der Waals surface area contributed by atoms with Crippen molar-refractivity contribution >= 4 is 29.2 Å². The minimum absolute atomic E-state index is 0.0826. The second-order valence-corrected chi connectivity index (χ2v) is 6.87. The molecule has 1 aliphatic heterocycles. The van der Waals surface area contributed by atoms with Crippen molar-refractivity contribution in [2.75, 3.05) is 18.4 Å². The SMILES string of the molecule is Cc1ccnc(NC(=O)C2CCN(C(=O)c3cc(Cl)ccc3O)CC2)c1. The van der Waals surface area contributed by atoms with E-state index < -0.39 is 0 Å². The maximum absolute atomic E-state index is 12.6. The van der Waals surface area contributed by atoms with Gasteiger partial charge in [0.25, 0.3) is 5.91 Å². The summed E-state index contributed by atoms with van der Waals surface area (Å²) in [7, 11) is 0. The van der Waals surface area contributed by atoms with Crippen LogP contribution in [-0.4, -0.2) is 39.9 Å². The van der Waals surface area contributed by atoms with Crippen molar-refractivity contribution in [3.8, 4) is 5.75 Å². The van der Waals surface area contributed by atoms with Crippen LogP contribution in [0.15, 0.2) is 36.5 Å². The van der Waals surface area contributed by atoms with E-state index in [1.807, 2.05) is 19.1 Å². The molecule has 0 spiro atoms. The van der Waals surface area contributed by atoms with Gasteiger partial charge in [-0.05, 0) is 55.7 Å². The number of pyridine rings is 1. The Balaban J connectivity index is 1.59. The topological polar surface area (TPSA) is 82.5 Å². The van der Waals surface area contributed by atoms with Crippen molar-refractivity contribution in [1.29, 1.82) is 0 Å². The van der Waals surface area contributed by atoms with Gasteiger partial charge >= 0.3 is 0 Å². The van der Waals surface area contributed by atoms with Crippen LogP contribution in [0.4, 0.5) is 5.82 Å². The Kier molecular flexibility index (Phi) is 5.42. The Morgan fingerprint density at radius 2 is 1.96 bits per heavy atom. The number of aryl methyl sites for hydroxylation is 1. The van der Waals surface area contributed by atoms with E-state index in [2.05, 4.69) is 10.3 Å². The summed E-state index contributed by atoms with van der Waals surface area (Å²) in [6.07, 6.45) is 2.78. The van der Waals surface area contributed by atoms with E-state index in [1.165, 1.54) is 18.2 Å². The summed E-state index contributed by atoms with van der Waals surface area (Å²) in [5.74, 6) is -0.0820. The molecule has 1 fully saturated rings. The average Bonchev–Trinajstić information content (AvgIpc) is 2.63. The van der Waals surface area contributed by atoms with Gasteiger partial charge in [-0.2, -0.15) is 0 Å². The van der Waals surface area contributed by atoms with Crippen LogP contribution >= 0.6 is 11.6 Å². The number of nitrogens with zero attached hydrogens (tertiary/aromatic N) is 2. The van der Waals surface area contributed by atoms with E-state index in [-0.39, 0.29) is 29.0 Å².